The molecule has 0 aliphatic carbocycles. The number of hydrogen-bond donors (Lipinski definition) is 2. The van der Waals surface area contributed by atoms with E-state index >= 15 is 0 Å². The minimum absolute atomic E-state index is 0.0510. The highest BCUT2D eigenvalue weighted by atomic mass is 32.2. The first-order valence-electron chi connectivity index (χ1n) is 14.7. The zero-order valence-electron chi connectivity index (χ0n) is 25.2. The molecule has 2 aromatic rings. The monoisotopic (exact) mass is 670 g/mol. The third kappa shape index (κ3) is 8.83. The molecule has 4 heterocycles. The number of thioether (sulfide) groups is 2. The van der Waals surface area contributed by atoms with Crippen molar-refractivity contribution in [2.24, 2.45) is 10.8 Å². The van der Waals surface area contributed by atoms with Crippen molar-refractivity contribution in [2.45, 2.75) is 106 Å². The first-order chi connectivity index (χ1) is 19.4. The van der Waals surface area contributed by atoms with E-state index in [0.717, 1.165) is 89.1 Å². The van der Waals surface area contributed by atoms with Crippen LogP contribution in [0, 0.1) is 20.1 Å². The van der Waals surface area contributed by atoms with Gasteiger partial charge in [0.1, 0.15) is 9.28 Å². The maximum absolute atomic E-state index is 6.06. The molecule has 1 atom stereocenters. The van der Waals surface area contributed by atoms with E-state index in [1.54, 1.807) is 0 Å². The van der Waals surface area contributed by atoms with Crippen LogP contribution < -0.4 is 0 Å². The van der Waals surface area contributed by atoms with Gasteiger partial charge in [0.25, 0.3) is 0 Å². The molecular formula is C31H46N2O2S6. The fourth-order valence-electron chi connectivity index (χ4n) is 5.76. The van der Waals surface area contributed by atoms with Gasteiger partial charge in [-0.05, 0) is 72.6 Å². The summed E-state index contributed by atoms with van der Waals surface area (Å²) in [4.78, 5) is 2.62. The Morgan fingerprint density at radius 3 is 2.02 bits per heavy atom. The summed E-state index contributed by atoms with van der Waals surface area (Å²) in [6, 6.07) is 4.56. The van der Waals surface area contributed by atoms with Gasteiger partial charge in [0.05, 0.1) is 10.1 Å². The van der Waals surface area contributed by atoms with Crippen LogP contribution in [0.2, 0.25) is 0 Å². The fourth-order valence-corrected chi connectivity index (χ4v) is 9.89. The lowest BCUT2D eigenvalue weighted by Gasteiger charge is -2.35. The van der Waals surface area contributed by atoms with Gasteiger partial charge in [0, 0.05) is 60.3 Å². The molecule has 4 nitrogen and oxygen atoms in total. The van der Waals surface area contributed by atoms with Crippen molar-refractivity contribution in [3.63, 3.8) is 0 Å². The van der Waals surface area contributed by atoms with Gasteiger partial charge < -0.3 is 18.6 Å². The smallest absolute Gasteiger partial charge is 0.108 e. The van der Waals surface area contributed by atoms with Gasteiger partial charge in [-0.15, -0.1) is 48.8 Å². The van der Waals surface area contributed by atoms with Crippen molar-refractivity contribution < 1.29 is 9.47 Å². The highest BCUT2D eigenvalue weighted by Gasteiger charge is 2.30. The highest BCUT2D eigenvalue weighted by Crippen LogP contribution is 2.41. The van der Waals surface area contributed by atoms with E-state index in [4.69, 9.17) is 59.2 Å². The van der Waals surface area contributed by atoms with Crippen molar-refractivity contribution in [3.8, 4) is 0 Å². The van der Waals surface area contributed by atoms with E-state index in [0.29, 0.717) is 13.2 Å². The van der Waals surface area contributed by atoms with Crippen LogP contribution in [0.5, 0.6) is 0 Å². The van der Waals surface area contributed by atoms with E-state index in [-0.39, 0.29) is 16.9 Å². The van der Waals surface area contributed by atoms with Crippen molar-refractivity contribution in [3.05, 3.63) is 32.5 Å². The van der Waals surface area contributed by atoms with Crippen LogP contribution in [0.3, 0.4) is 0 Å². The second-order valence-electron chi connectivity index (χ2n) is 13.0. The lowest BCUT2D eigenvalue weighted by Crippen LogP contribution is -2.28. The summed E-state index contributed by atoms with van der Waals surface area (Å²) in [7, 11) is 0. The zero-order valence-corrected chi connectivity index (χ0v) is 30.2. The Hall–Kier alpha value is 0.0600. The Kier molecular flexibility index (Phi) is 12.3. The third-order valence-electron chi connectivity index (χ3n) is 8.00. The maximum Gasteiger partial charge on any atom is 0.108 e. The third-order valence-corrected chi connectivity index (χ3v) is 11.8. The Balaban J connectivity index is 1.14. The summed E-state index contributed by atoms with van der Waals surface area (Å²) in [6.07, 6.45) is 6.08. The van der Waals surface area contributed by atoms with Crippen LogP contribution in [0.4, 0.5) is 0 Å². The van der Waals surface area contributed by atoms with E-state index in [1.807, 2.05) is 23.5 Å². The lowest BCUT2D eigenvalue weighted by atomic mass is 9.84. The van der Waals surface area contributed by atoms with Crippen molar-refractivity contribution in [1.82, 2.24) is 9.13 Å². The summed E-state index contributed by atoms with van der Waals surface area (Å²) in [5.41, 5.74) is 2.88. The summed E-state index contributed by atoms with van der Waals surface area (Å²) in [5.74, 6) is 2.25. The molecule has 1 unspecified atom stereocenters. The van der Waals surface area contributed by atoms with Gasteiger partial charge >= 0.3 is 0 Å². The number of fused-ring (bicyclic) bond motifs is 2. The molecule has 41 heavy (non-hydrogen) atoms. The van der Waals surface area contributed by atoms with Crippen LogP contribution in [-0.2, 0) is 28.9 Å². The number of pyridine rings is 2. The number of rotatable bonds is 14. The molecule has 4 rings (SSSR count). The fraction of sp³-hybridized carbons (Fsp3) is 0.677. The average Bonchev–Trinajstić information content (AvgIpc) is 3.55. The van der Waals surface area contributed by atoms with Crippen LogP contribution >= 0.6 is 73.2 Å². The van der Waals surface area contributed by atoms with E-state index in [2.05, 4.69) is 55.9 Å². The largest absolute Gasteiger partial charge is 0.381 e. The van der Waals surface area contributed by atoms with Crippen molar-refractivity contribution in [1.29, 1.82) is 0 Å². The summed E-state index contributed by atoms with van der Waals surface area (Å²) in [5, 5.41) is 2.09. The molecule has 0 fully saturated rings. The van der Waals surface area contributed by atoms with Crippen LogP contribution in [-0.4, -0.2) is 47.1 Å². The number of hydrogen-bond acceptors (Lipinski definition) is 8. The number of thiol groups is 2. The highest BCUT2D eigenvalue weighted by molar-refractivity contribution is 8.00. The molecule has 2 aliphatic rings. The zero-order chi connectivity index (χ0) is 29.8. The standard InChI is InChI=1S/C31H46N2O2S6/c1-30(2,3)25(33-27(37)19-24-22(29(33)39)10-17-41-24)8-15-35-14-7-13-34-12-6-11-31(4,5)20-32-26(36)18-23-21(28(32)38)9-16-40-23/h18-19,25,38-39H,6-17,20H2,1-5H3. The number of ether oxygens (including phenoxy) is 2. The first-order valence-corrected chi connectivity index (χ1v) is 18.4. The van der Waals surface area contributed by atoms with Gasteiger partial charge in [-0.3, -0.25) is 0 Å². The minimum atomic E-state index is 0.0510. The average molecular weight is 671 g/mol. The maximum atomic E-state index is 6.06. The Morgan fingerprint density at radius 1 is 0.829 bits per heavy atom. The predicted octanol–water partition coefficient (Wildman–Crippen LogP) is 9.53. The molecule has 0 spiro atoms. The second-order valence-corrected chi connectivity index (χ2v) is 16.9. The van der Waals surface area contributed by atoms with E-state index in [1.165, 1.54) is 20.9 Å². The minimum Gasteiger partial charge on any atom is -0.381 e. The topological polar surface area (TPSA) is 28.3 Å². The molecule has 0 N–H and O–H groups in total. The molecule has 0 saturated heterocycles. The Morgan fingerprint density at radius 2 is 1.39 bits per heavy atom. The van der Waals surface area contributed by atoms with Crippen molar-refractivity contribution in [2.75, 3.05) is 37.9 Å². The summed E-state index contributed by atoms with van der Waals surface area (Å²) in [6.45, 7) is 15.3. The Bertz CT molecular complexity index is 1330. The van der Waals surface area contributed by atoms with Gasteiger partial charge in [-0.25, -0.2) is 0 Å². The molecule has 10 heteroatoms. The molecule has 0 amide bonds. The molecule has 0 aromatic carbocycles. The second kappa shape index (κ2) is 14.9. The van der Waals surface area contributed by atoms with Gasteiger partial charge in [0.2, 0.25) is 0 Å². The molecule has 2 aromatic heterocycles. The van der Waals surface area contributed by atoms with Crippen molar-refractivity contribution >= 4 is 73.2 Å². The van der Waals surface area contributed by atoms with Crippen LogP contribution in [0.25, 0.3) is 0 Å². The van der Waals surface area contributed by atoms with Crippen LogP contribution in [0.15, 0.2) is 32.0 Å². The Labute approximate surface area is 277 Å². The van der Waals surface area contributed by atoms with Gasteiger partial charge in [-0.2, -0.15) is 0 Å². The quantitative estimate of drug-likeness (QED) is 0.118. The number of nitrogens with zero attached hydrogens (tertiary/aromatic N) is 2. The van der Waals surface area contributed by atoms with E-state index in [9.17, 15) is 0 Å². The molecule has 0 saturated carbocycles. The van der Waals surface area contributed by atoms with E-state index < -0.39 is 0 Å². The normalized spacial score (nSPS) is 15.8. The van der Waals surface area contributed by atoms with Gasteiger partial charge in [-0.1, -0.05) is 59.1 Å². The molecule has 228 valence electrons. The lowest BCUT2D eigenvalue weighted by molar-refractivity contribution is 0.0641. The van der Waals surface area contributed by atoms with Crippen LogP contribution in [0.1, 0.15) is 77.5 Å². The SMILES string of the molecule is CC(C)(CCCOCCCOCCC(n1c(S)c2c(cc1=S)SCC2)C(C)(C)C)Cn1c(S)c2c(cc1=S)SCC2. The summed E-state index contributed by atoms with van der Waals surface area (Å²) < 4.78 is 18.3. The predicted molar refractivity (Wildman–Crippen MR) is 186 cm³/mol. The molecule has 2 aliphatic heterocycles. The van der Waals surface area contributed by atoms with Gasteiger partial charge in [0.15, 0.2) is 0 Å². The molecule has 0 bridgehead atoms. The summed E-state index contributed by atoms with van der Waals surface area (Å²) >= 11 is 25.1. The molecule has 0 radical (unpaired) electrons. The first kappa shape index (κ1) is 33.9. The molecular weight excluding hydrogens is 625 g/mol. The number of aromatic nitrogens is 2.